The van der Waals surface area contributed by atoms with Crippen molar-refractivity contribution in [3.63, 3.8) is 0 Å². The highest BCUT2D eigenvalue weighted by Gasteiger charge is 2.21. The number of fused-ring (bicyclic) bond motifs is 1. The maximum absolute atomic E-state index is 11.5. The highest BCUT2D eigenvalue weighted by molar-refractivity contribution is 7.92. The SMILES string of the molecule is CC(=O)N(c1ccc2[nH]ccc2c1)S(C)(=O)=O. The fourth-order valence-corrected chi connectivity index (χ4v) is 2.74. The first-order valence-corrected chi connectivity index (χ1v) is 6.82. The average Bonchev–Trinajstić information content (AvgIpc) is 2.61. The quantitative estimate of drug-likeness (QED) is 0.880. The summed E-state index contributed by atoms with van der Waals surface area (Å²) < 4.78 is 23.9. The van der Waals surface area contributed by atoms with Gasteiger partial charge in [0.15, 0.2) is 0 Å². The highest BCUT2D eigenvalue weighted by Crippen LogP contribution is 2.23. The number of H-pyrrole nitrogens is 1. The molecule has 0 fully saturated rings. The Balaban J connectivity index is 2.60. The minimum atomic E-state index is -3.60. The van der Waals surface area contributed by atoms with E-state index in [4.69, 9.17) is 0 Å². The van der Waals surface area contributed by atoms with Crippen LogP contribution in [0.3, 0.4) is 0 Å². The molecule has 0 aliphatic carbocycles. The molecule has 90 valence electrons. The molecule has 1 heterocycles. The third kappa shape index (κ3) is 2.16. The summed E-state index contributed by atoms with van der Waals surface area (Å²) in [6, 6.07) is 6.82. The van der Waals surface area contributed by atoms with Crippen LogP contribution < -0.4 is 4.31 Å². The molecule has 0 aliphatic rings. The molecule has 0 spiro atoms. The average molecular weight is 252 g/mol. The molecule has 0 atom stereocenters. The van der Waals surface area contributed by atoms with E-state index in [9.17, 15) is 13.2 Å². The molecule has 0 bridgehead atoms. The normalized spacial score (nSPS) is 11.6. The molecule has 0 aliphatic heterocycles. The van der Waals surface area contributed by atoms with Crippen LogP contribution in [0, 0.1) is 0 Å². The van der Waals surface area contributed by atoms with Gasteiger partial charge >= 0.3 is 0 Å². The molecule has 0 saturated heterocycles. The Kier molecular flexibility index (Phi) is 2.66. The Morgan fingerprint density at radius 2 is 2.00 bits per heavy atom. The summed E-state index contributed by atoms with van der Waals surface area (Å²) in [4.78, 5) is 14.4. The van der Waals surface area contributed by atoms with Crippen molar-refractivity contribution in [1.82, 2.24) is 4.98 Å². The molecule has 6 heteroatoms. The standard InChI is InChI=1S/C11H12N2O3S/c1-8(14)13(17(2,15)16)10-3-4-11-9(7-10)5-6-12-11/h3-7,12H,1-2H3. The third-order valence-electron chi connectivity index (χ3n) is 2.39. The fraction of sp³-hybridized carbons (Fsp3) is 0.182. The second kappa shape index (κ2) is 3.89. The van der Waals surface area contributed by atoms with Crippen LogP contribution in [0.4, 0.5) is 5.69 Å². The van der Waals surface area contributed by atoms with E-state index in [2.05, 4.69) is 4.98 Å². The summed E-state index contributed by atoms with van der Waals surface area (Å²) in [7, 11) is -3.60. The zero-order valence-electron chi connectivity index (χ0n) is 9.47. The number of benzene rings is 1. The van der Waals surface area contributed by atoms with Crippen LogP contribution >= 0.6 is 0 Å². The van der Waals surface area contributed by atoms with Crippen molar-refractivity contribution in [1.29, 1.82) is 0 Å². The van der Waals surface area contributed by atoms with Crippen molar-refractivity contribution in [3.8, 4) is 0 Å². The number of aromatic amines is 1. The van der Waals surface area contributed by atoms with Gasteiger partial charge in [-0.25, -0.2) is 12.7 Å². The van der Waals surface area contributed by atoms with Crippen LogP contribution in [0.2, 0.25) is 0 Å². The molecule has 17 heavy (non-hydrogen) atoms. The maximum Gasteiger partial charge on any atom is 0.238 e. The van der Waals surface area contributed by atoms with E-state index in [-0.39, 0.29) is 0 Å². The topological polar surface area (TPSA) is 70.2 Å². The van der Waals surface area contributed by atoms with Gasteiger partial charge < -0.3 is 4.98 Å². The van der Waals surface area contributed by atoms with Crippen molar-refractivity contribution < 1.29 is 13.2 Å². The lowest BCUT2D eigenvalue weighted by Gasteiger charge is -2.18. The molecule has 0 saturated carbocycles. The maximum atomic E-state index is 11.5. The number of nitrogens with zero attached hydrogens (tertiary/aromatic N) is 1. The molecular formula is C11H12N2O3S. The first kappa shape index (κ1) is 11.7. The summed E-state index contributed by atoms with van der Waals surface area (Å²) in [5.74, 6) is -0.526. The van der Waals surface area contributed by atoms with Gasteiger partial charge in [-0.2, -0.15) is 0 Å². The van der Waals surface area contributed by atoms with E-state index in [1.165, 1.54) is 6.92 Å². The first-order chi connectivity index (χ1) is 7.89. The van der Waals surface area contributed by atoms with E-state index in [0.29, 0.717) is 5.69 Å². The summed E-state index contributed by atoms with van der Waals surface area (Å²) in [5.41, 5.74) is 1.25. The molecule has 0 radical (unpaired) electrons. The Bertz CT molecular complexity index is 673. The Labute approximate surface area is 99.1 Å². The largest absolute Gasteiger partial charge is 0.361 e. The molecule has 2 aromatic rings. The zero-order valence-corrected chi connectivity index (χ0v) is 10.3. The van der Waals surface area contributed by atoms with E-state index in [1.54, 1.807) is 24.4 Å². The lowest BCUT2D eigenvalue weighted by Crippen LogP contribution is -2.34. The highest BCUT2D eigenvalue weighted by atomic mass is 32.2. The van der Waals surface area contributed by atoms with Gasteiger partial charge in [0, 0.05) is 24.0 Å². The number of carbonyl (C=O) groups is 1. The number of carbonyl (C=O) groups excluding carboxylic acids is 1. The minimum Gasteiger partial charge on any atom is -0.361 e. The van der Waals surface area contributed by atoms with Gasteiger partial charge in [0.1, 0.15) is 0 Å². The van der Waals surface area contributed by atoms with Crippen LogP contribution in [0.5, 0.6) is 0 Å². The molecule has 2 rings (SSSR count). The van der Waals surface area contributed by atoms with E-state index in [1.807, 2.05) is 6.07 Å². The van der Waals surface area contributed by atoms with Gasteiger partial charge in [-0.1, -0.05) is 0 Å². The Morgan fingerprint density at radius 3 is 2.59 bits per heavy atom. The lowest BCUT2D eigenvalue weighted by atomic mass is 10.2. The van der Waals surface area contributed by atoms with Crippen molar-refractivity contribution in [2.45, 2.75) is 6.92 Å². The zero-order chi connectivity index (χ0) is 12.6. The number of hydrogen-bond acceptors (Lipinski definition) is 3. The van der Waals surface area contributed by atoms with Crippen LogP contribution in [-0.4, -0.2) is 25.6 Å². The predicted octanol–water partition coefficient (Wildman–Crippen LogP) is 1.48. The predicted molar refractivity (Wildman–Crippen MR) is 66.3 cm³/mol. The van der Waals surface area contributed by atoms with Crippen molar-refractivity contribution >= 4 is 32.5 Å². The number of amides is 1. The van der Waals surface area contributed by atoms with Crippen molar-refractivity contribution in [2.24, 2.45) is 0 Å². The Hall–Kier alpha value is -1.82. The fourth-order valence-electron chi connectivity index (χ4n) is 1.77. The number of nitrogens with one attached hydrogen (secondary N) is 1. The monoisotopic (exact) mass is 252 g/mol. The van der Waals surface area contributed by atoms with Gasteiger partial charge in [-0.3, -0.25) is 4.79 Å². The molecule has 5 nitrogen and oxygen atoms in total. The molecule has 1 N–H and O–H groups in total. The summed E-state index contributed by atoms with van der Waals surface area (Å²) in [6.07, 6.45) is 2.77. The van der Waals surface area contributed by atoms with Gasteiger partial charge in [-0.15, -0.1) is 0 Å². The molecule has 1 aromatic heterocycles. The molecule has 0 unspecified atom stereocenters. The first-order valence-electron chi connectivity index (χ1n) is 4.97. The number of aromatic nitrogens is 1. The van der Waals surface area contributed by atoms with Crippen molar-refractivity contribution in [2.75, 3.05) is 10.6 Å². The van der Waals surface area contributed by atoms with Gasteiger partial charge in [0.05, 0.1) is 11.9 Å². The molecule has 1 aromatic carbocycles. The number of rotatable bonds is 2. The number of anilines is 1. The van der Waals surface area contributed by atoms with Gasteiger partial charge in [-0.05, 0) is 24.3 Å². The number of sulfonamides is 1. The molecular weight excluding hydrogens is 240 g/mol. The summed E-state index contributed by atoms with van der Waals surface area (Å²) in [5, 5.41) is 0.859. The smallest absolute Gasteiger partial charge is 0.238 e. The van der Waals surface area contributed by atoms with Crippen LogP contribution in [-0.2, 0) is 14.8 Å². The lowest BCUT2D eigenvalue weighted by molar-refractivity contribution is -0.115. The third-order valence-corrected chi connectivity index (χ3v) is 3.52. The van der Waals surface area contributed by atoms with E-state index >= 15 is 0 Å². The van der Waals surface area contributed by atoms with Crippen LogP contribution in [0.25, 0.3) is 10.9 Å². The van der Waals surface area contributed by atoms with Gasteiger partial charge in [0.2, 0.25) is 15.9 Å². The van der Waals surface area contributed by atoms with E-state index < -0.39 is 15.9 Å². The second-order valence-corrected chi connectivity index (χ2v) is 5.63. The minimum absolute atomic E-state index is 0.354. The second-order valence-electron chi connectivity index (χ2n) is 3.80. The van der Waals surface area contributed by atoms with E-state index in [0.717, 1.165) is 21.5 Å². The summed E-state index contributed by atoms with van der Waals surface area (Å²) in [6.45, 7) is 1.22. The van der Waals surface area contributed by atoms with Gasteiger partial charge in [0.25, 0.3) is 0 Å². The van der Waals surface area contributed by atoms with Crippen LogP contribution in [0.1, 0.15) is 6.92 Å². The summed E-state index contributed by atoms with van der Waals surface area (Å²) >= 11 is 0. The number of hydrogen-bond donors (Lipinski definition) is 1. The van der Waals surface area contributed by atoms with Crippen LogP contribution in [0.15, 0.2) is 30.5 Å². The molecule has 1 amide bonds. The van der Waals surface area contributed by atoms with Crippen molar-refractivity contribution in [3.05, 3.63) is 30.5 Å². The Morgan fingerprint density at radius 1 is 1.29 bits per heavy atom.